The standard InChI is InChI=1S/C16H20N4O2/c21-11-14-4-2-1-3-13(14)10-17-15-9-16(19-12-18-15)20-5-7-22-8-6-20/h1-4,9,12,21H,5-8,10-11H2,(H,17,18,19). The third-order valence-electron chi connectivity index (χ3n) is 3.74. The molecule has 1 fully saturated rings. The Hall–Kier alpha value is -2.18. The Morgan fingerprint density at radius 3 is 2.68 bits per heavy atom. The minimum atomic E-state index is 0.0423. The van der Waals surface area contributed by atoms with Crippen molar-refractivity contribution in [2.24, 2.45) is 0 Å². The Labute approximate surface area is 129 Å². The van der Waals surface area contributed by atoms with E-state index in [-0.39, 0.29) is 6.61 Å². The molecule has 2 heterocycles. The predicted octanol–water partition coefficient (Wildman–Crippen LogP) is 1.42. The maximum absolute atomic E-state index is 9.36. The SMILES string of the molecule is OCc1ccccc1CNc1cc(N2CCOCC2)ncn1. The summed E-state index contributed by atoms with van der Waals surface area (Å²) in [4.78, 5) is 10.8. The molecule has 1 saturated heterocycles. The molecule has 22 heavy (non-hydrogen) atoms. The average Bonchev–Trinajstić information content (AvgIpc) is 2.61. The summed E-state index contributed by atoms with van der Waals surface area (Å²) >= 11 is 0. The maximum Gasteiger partial charge on any atom is 0.134 e. The highest BCUT2D eigenvalue weighted by Gasteiger charge is 2.13. The summed E-state index contributed by atoms with van der Waals surface area (Å²) in [5.41, 5.74) is 1.99. The molecule has 6 nitrogen and oxygen atoms in total. The third-order valence-corrected chi connectivity index (χ3v) is 3.74. The van der Waals surface area contributed by atoms with Gasteiger partial charge in [0.05, 0.1) is 19.8 Å². The zero-order valence-corrected chi connectivity index (χ0v) is 12.4. The van der Waals surface area contributed by atoms with E-state index in [0.29, 0.717) is 6.54 Å². The van der Waals surface area contributed by atoms with Gasteiger partial charge in [-0.25, -0.2) is 9.97 Å². The fraction of sp³-hybridized carbons (Fsp3) is 0.375. The van der Waals surface area contributed by atoms with Crippen molar-refractivity contribution in [1.29, 1.82) is 0 Å². The number of hydrogen-bond donors (Lipinski definition) is 2. The van der Waals surface area contributed by atoms with Gasteiger partial charge in [0.15, 0.2) is 0 Å². The van der Waals surface area contributed by atoms with Crippen LogP contribution < -0.4 is 10.2 Å². The lowest BCUT2D eigenvalue weighted by Crippen LogP contribution is -2.36. The van der Waals surface area contributed by atoms with E-state index in [4.69, 9.17) is 4.74 Å². The Kier molecular flexibility index (Phi) is 4.82. The second-order valence-corrected chi connectivity index (χ2v) is 5.14. The van der Waals surface area contributed by atoms with E-state index < -0.39 is 0 Å². The zero-order valence-electron chi connectivity index (χ0n) is 12.4. The molecule has 0 spiro atoms. The number of hydrogen-bond acceptors (Lipinski definition) is 6. The molecule has 0 bridgehead atoms. The second kappa shape index (κ2) is 7.20. The van der Waals surface area contributed by atoms with E-state index in [1.807, 2.05) is 30.3 Å². The van der Waals surface area contributed by atoms with Crippen LogP contribution in [0, 0.1) is 0 Å². The van der Waals surface area contributed by atoms with Gasteiger partial charge in [-0.2, -0.15) is 0 Å². The van der Waals surface area contributed by atoms with Crippen molar-refractivity contribution >= 4 is 11.6 Å². The summed E-state index contributed by atoms with van der Waals surface area (Å²) < 4.78 is 5.36. The van der Waals surface area contributed by atoms with Crippen LogP contribution in [0.5, 0.6) is 0 Å². The van der Waals surface area contributed by atoms with Crippen LogP contribution in [0.3, 0.4) is 0 Å². The van der Waals surface area contributed by atoms with Crippen molar-refractivity contribution in [3.63, 3.8) is 0 Å². The quantitative estimate of drug-likeness (QED) is 0.870. The third kappa shape index (κ3) is 3.52. The fourth-order valence-electron chi connectivity index (χ4n) is 2.48. The molecule has 6 heteroatoms. The molecular weight excluding hydrogens is 280 g/mol. The van der Waals surface area contributed by atoms with E-state index in [2.05, 4.69) is 20.2 Å². The number of aliphatic hydroxyl groups excluding tert-OH is 1. The molecule has 3 rings (SSSR count). The van der Waals surface area contributed by atoms with Crippen molar-refractivity contribution in [3.05, 3.63) is 47.8 Å². The molecule has 2 aromatic rings. The van der Waals surface area contributed by atoms with Crippen molar-refractivity contribution in [2.75, 3.05) is 36.5 Å². The fourth-order valence-corrected chi connectivity index (χ4v) is 2.48. The molecule has 0 atom stereocenters. The molecular formula is C16H20N4O2. The van der Waals surface area contributed by atoms with Gasteiger partial charge in [0.2, 0.25) is 0 Å². The summed E-state index contributed by atoms with van der Waals surface area (Å²) in [7, 11) is 0. The van der Waals surface area contributed by atoms with Crippen LogP contribution in [0.1, 0.15) is 11.1 Å². The van der Waals surface area contributed by atoms with Crippen LogP contribution in [0.25, 0.3) is 0 Å². The number of ether oxygens (including phenoxy) is 1. The summed E-state index contributed by atoms with van der Waals surface area (Å²) in [5.74, 6) is 1.69. The van der Waals surface area contributed by atoms with Crippen molar-refractivity contribution < 1.29 is 9.84 Å². The van der Waals surface area contributed by atoms with Gasteiger partial charge in [0.25, 0.3) is 0 Å². The number of nitrogens with zero attached hydrogens (tertiary/aromatic N) is 3. The van der Waals surface area contributed by atoms with E-state index in [1.54, 1.807) is 6.33 Å². The van der Waals surface area contributed by atoms with Crippen LogP contribution in [-0.2, 0) is 17.9 Å². The lowest BCUT2D eigenvalue weighted by Gasteiger charge is -2.27. The van der Waals surface area contributed by atoms with Gasteiger partial charge in [-0.15, -0.1) is 0 Å². The van der Waals surface area contributed by atoms with Gasteiger partial charge in [0, 0.05) is 25.7 Å². The maximum atomic E-state index is 9.36. The Morgan fingerprint density at radius 2 is 1.91 bits per heavy atom. The largest absolute Gasteiger partial charge is 0.392 e. The van der Waals surface area contributed by atoms with Gasteiger partial charge < -0.3 is 20.1 Å². The van der Waals surface area contributed by atoms with Crippen LogP contribution >= 0.6 is 0 Å². The number of morpholine rings is 1. The topological polar surface area (TPSA) is 70.5 Å². The van der Waals surface area contributed by atoms with Crippen LogP contribution in [0.4, 0.5) is 11.6 Å². The van der Waals surface area contributed by atoms with E-state index in [1.165, 1.54) is 0 Å². The van der Waals surface area contributed by atoms with E-state index >= 15 is 0 Å². The lowest BCUT2D eigenvalue weighted by atomic mass is 10.1. The first-order chi connectivity index (χ1) is 10.9. The summed E-state index contributed by atoms with van der Waals surface area (Å²) in [6.07, 6.45) is 1.57. The first kappa shape index (κ1) is 14.7. The van der Waals surface area contributed by atoms with E-state index in [0.717, 1.165) is 49.1 Å². The number of rotatable bonds is 5. The summed E-state index contributed by atoms with van der Waals surface area (Å²) in [6.45, 7) is 3.83. The van der Waals surface area contributed by atoms with Gasteiger partial charge in [-0.1, -0.05) is 24.3 Å². The molecule has 0 unspecified atom stereocenters. The molecule has 1 aliphatic rings. The highest BCUT2D eigenvalue weighted by molar-refractivity contribution is 5.49. The Bertz CT molecular complexity index is 615. The minimum Gasteiger partial charge on any atom is -0.392 e. The highest BCUT2D eigenvalue weighted by atomic mass is 16.5. The molecule has 0 amide bonds. The van der Waals surface area contributed by atoms with Crippen LogP contribution in [0.15, 0.2) is 36.7 Å². The van der Waals surface area contributed by atoms with Crippen molar-refractivity contribution in [1.82, 2.24) is 9.97 Å². The minimum absolute atomic E-state index is 0.0423. The molecule has 0 aliphatic carbocycles. The van der Waals surface area contributed by atoms with Gasteiger partial charge in [-0.05, 0) is 11.1 Å². The Balaban J connectivity index is 1.67. The van der Waals surface area contributed by atoms with Crippen molar-refractivity contribution in [2.45, 2.75) is 13.2 Å². The number of anilines is 2. The molecule has 116 valence electrons. The molecule has 1 aromatic heterocycles. The van der Waals surface area contributed by atoms with Gasteiger partial charge in [-0.3, -0.25) is 0 Å². The first-order valence-electron chi connectivity index (χ1n) is 7.43. The van der Waals surface area contributed by atoms with Crippen molar-refractivity contribution in [3.8, 4) is 0 Å². The normalized spacial score (nSPS) is 14.9. The van der Waals surface area contributed by atoms with E-state index in [9.17, 15) is 5.11 Å². The summed E-state index contributed by atoms with van der Waals surface area (Å²) in [5, 5.41) is 12.7. The number of benzene rings is 1. The molecule has 1 aromatic carbocycles. The number of aliphatic hydroxyl groups is 1. The monoisotopic (exact) mass is 300 g/mol. The predicted molar refractivity (Wildman–Crippen MR) is 84.8 cm³/mol. The zero-order chi connectivity index (χ0) is 15.2. The molecule has 1 aliphatic heterocycles. The molecule has 0 radical (unpaired) electrons. The first-order valence-corrected chi connectivity index (χ1v) is 7.43. The number of aromatic nitrogens is 2. The van der Waals surface area contributed by atoms with Crippen LogP contribution in [0.2, 0.25) is 0 Å². The highest BCUT2D eigenvalue weighted by Crippen LogP contribution is 2.17. The Morgan fingerprint density at radius 1 is 1.14 bits per heavy atom. The number of nitrogens with one attached hydrogen (secondary N) is 1. The smallest absolute Gasteiger partial charge is 0.134 e. The lowest BCUT2D eigenvalue weighted by molar-refractivity contribution is 0.122. The molecule has 2 N–H and O–H groups in total. The van der Waals surface area contributed by atoms with Gasteiger partial charge in [0.1, 0.15) is 18.0 Å². The van der Waals surface area contributed by atoms with Gasteiger partial charge >= 0.3 is 0 Å². The summed E-state index contributed by atoms with van der Waals surface area (Å²) in [6, 6.07) is 9.78. The molecule has 0 saturated carbocycles. The van der Waals surface area contributed by atoms with Crippen LogP contribution in [-0.4, -0.2) is 41.4 Å². The average molecular weight is 300 g/mol. The second-order valence-electron chi connectivity index (χ2n) is 5.14.